The van der Waals surface area contributed by atoms with Crippen LogP contribution < -0.4 is 9.62 Å². The van der Waals surface area contributed by atoms with Gasteiger partial charge in [0.15, 0.2) is 0 Å². The average Bonchev–Trinajstić information content (AvgIpc) is 2.62. The highest BCUT2D eigenvalue weighted by Gasteiger charge is 2.21. The number of carbonyl (C=O) groups excluding carboxylic acids is 2. The van der Waals surface area contributed by atoms with Gasteiger partial charge in [-0.2, -0.15) is 0 Å². The van der Waals surface area contributed by atoms with Crippen LogP contribution in [0, 0.1) is 0 Å². The lowest BCUT2D eigenvalue weighted by Gasteiger charge is -2.19. The number of ether oxygens (including phenoxy) is 1. The molecule has 26 heavy (non-hydrogen) atoms. The summed E-state index contributed by atoms with van der Waals surface area (Å²) in [6, 6.07) is 14.4. The lowest BCUT2D eigenvalue weighted by Crippen LogP contribution is -2.26. The number of sulfonamides is 1. The summed E-state index contributed by atoms with van der Waals surface area (Å²) in [4.78, 5) is 23.1. The van der Waals surface area contributed by atoms with Gasteiger partial charge in [0.05, 0.1) is 17.2 Å². The van der Waals surface area contributed by atoms with Gasteiger partial charge in [0.2, 0.25) is 5.91 Å². The third-order valence-electron chi connectivity index (χ3n) is 3.53. The molecule has 138 valence electrons. The molecule has 0 heterocycles. The number of carbonyl (C=O) groups is 2. The van der Waals surface area contributed by atoms with Crippen LogP contribution in [0.2, 0.25) is 0 Å². The van der Waals surface area contributed by atoms with Crippen LogP contribution in [0.25, 0.3) is 0 Å². The van der Waals surface area contributed by atoms with Crippen molar-refractivity contribution in [3.05, 3.63) is 54.6 Å². The number of rotatable bonds is 7. The third-order valence-corrected chi connectivity index (χ3v) is 5.33. The van der Waals surface area contributed by atoms with Gasteiger partial charge in [-0.3, -0.25) is 13.9 Å². The standard InChI is InChI=1S/C18H20N2O5S/c1-3-25-18(22)13-17(21)19-14-9-11-16(12-10-14)26(23,24)20(2)15-7-5-4-6-8-15/h4-12H,3,13H2,1-2H3,(H,19,21). The van der Waals surface area contributed by atoms with Gasteiger partial charge in [0.1, 0.15) is 6.42 Å². The summed E-state index contributed by atoms with van der Waals surface area (Å²) >= 11 is 0. The van der Waals surface area contributed by atoms with Gasteiger partial charge in [-0.05, 0) is 43.3 Å². The van der Waals surface area contributed by atoms with Crippen LogP contribution in [0.1, 0.15) is 13.3 Å². The molecule has 0 atom stereocenters. The summed E-state index contributed by atoms with van der Waals surface area (Å²) in [5.74, 6) is -1.14. The minimum atomic E-state index is -3.72. The molecule has 0 saturated heterocycles. The van der Waals surface area contributed by atoms with Crippen LogP contribution in [0.3, 0.4) is 0 Å². The molecule has 0 unspecified atom stereocenters. The molecular weight excluding hydrogens is 356 g/mol. The monoisotopic (exact) mass is 376 g/mol. The summed E-state index contributed by atoms with van der Waals surface area (Å²) in [7, 11) is -2.25. The normalized spacial score (nSPS) is 10.8. The SMILES string of the molecule is CCOC(=O)CC(=O)Nc1ccc(S(=O)(=O)N(C)c2ccccc2)cc1. The molecule has 0 aromatic heterocycles. The molecule has 0 aliphatic rings. The zero-order valence-corrected chi connectivity index (χ0v) is 15.3. The lowest BCUT2D eigenvalue weighted by atomic mass is 10.3. The second kappa shape index (κ2) is 8.48. The van der Waals surface area contributed by atoms with E-state index in [0.29, 0.717) is 11.4 Å². The van der Waals surface area contributed by atoms with Gasteiger partial charge in [-0.1, -0.05) is 18.2 Å². The van der Waals surface area contributed by atoms with Crippen molar-refractivity contribution >= 4 is 33.3 Å². The number of hydrogen-bond acceptors (Lipinski definition) is 5. The lowest BCUT2D eigenvalue weighted by molar-refractivity contribution is -0.145. The van der Waals surface area contributed by atoms with Gasteiger partial charge in [-0.15, -0.1) is 0 Å². The maximum atomic E-state index is 12.7. The van der Waals surface area contributed by atoms with Crippen LogP contribution in [-0.4, -0.2) is 33.9 Å². The highest BCUT2D eigenvalue weighted by Crippen LogP contribution is 2.22. The van der Waals surface area contributed by atoms with E-state index in [4.69, 9.17) is 4.74 Å². The van der Waals surface area contributed by atoms with E-state index in [1.54, 1.807) is 37.3 Å². The summed E-state index contributed by atoms with van der Waals surface area (Å²) in [5, 5.41) is 2.52. The summed E-state index contributed by atoms with van der Waals surface area (Å²) in [5.41, 5.74) is 0.930. The van der Waals surface area contributed by atoms with Crippen LogP contribution in [0.5, 0.6) is 0 Å². The van der Waals surface area contributed by atoms with Crippen LogP contribution in [0.15, 0.2) is 59.5 Å². The fourth-order valence-corrected chi connectivity index (χ4v) is 3.39. The number of anilines is 2. The molecular formula is C18H20N2O5S. The van der Waals surface area contributed by atoms with Crippen LogP contribution in [0.4, 0.5) is 11.4 Å². The second-order valence-corrected chi connectivity index (χ2v) is 7.33. The van der Waals surface area contributed by atoms with Crippen LogP contribution >= 0.6 is 0 Å². The van der Waals surface area contributed by atoms with Gasteiger partial charge >= 0.3 is 5.97 Å². The molecule has 0 bridgehead atoms. The maximum Gasteiger partial charge on any atom is 0.315 e. The van der Waals surface area contributed by atoms with E-state index >= 15 is 0 Å². The molecule has 1 amide bonds. The first-order valence-electron chi connectivity index (χ1n) is 7.94. The maximum absolute atomic E-state index is 12.7. The molecule has 0 saturated carbocycles. The molecule has 8 heteroatoms. The minimum absolute atomic E-state index is 0.0900. The Morgan fingerprint density at radius 3 is 2.23 bits per heavy atom. The highest BCUT2D eigenvalue weighted by atomic mass is 32.2. The third kappa shape index (κ3) is 4.82. The van der Waals surface area contributed by atoms with Crippen molar-refractivity contribution in [3.8, 4) is 0 Å². The summed E-state index contributed by atoms with van der Waals surface area (Å²) in [6.45, 7) is 1.86. The smallest absolute Gasteiger partial charge is 0.315 e. The van der Waals surface area contributed by atoms with E-state index in [0.717, 1.165) is 0 Å². The largest absolute Gasteiger partial charge is 0.466 e. The van der Waals surface area contributed by atoms with E-state index in [1.807, 2.05) is 0 Å². The Bertz CT molecular complexity index is 864. The number of benzene rings is 2. The molecule has 0 fully saturated rings. The predicted molar refractivity (Wildman–Crippen MR) is 98.4 cm³/mol. The fraction of sp³-hybridized carbons (Fsp3) is 0.222. The topological polar surface area (TPSA) is 92.8 Å². The number of nitrogens with one attached hydrogen (secondary N) is 1. The molecule has 2 aromatic carbocycles. The van der Waals surface area contributed by atoms with E-state index in [9.17, 15) is 18.0 Å². The van der Waals surface area contributed by atoms with E-state index < -0.39 is 28.3 Å². The molecule has 0 aliphatic carbocycles. The number of nitrogens with zero attached hydrogens (tertiary/aromatic N) is 1. The Balaban J connectivity index is 2.09. The predicted octanol–water partition coefficient (Wildman–Crippen LogP) is 2.40. The van der Waals surface area contributed by atoms with Crippen molar-refractivity contribution < 1.29 is 22.7 Å². The molecule has 0 aliphatic heterocycles. The molecule has 7 nitrogen and oxygen atoms in total. The Morgan fingerprint density at radius 2 is 1.65 bits per heavy atom. The van der Waals surface area contributed by atoms with Gasteiger partial charge in [-0.25, -0.2) is 8.42 Å². The Labute approximate surface area is 152 Å². The van der Waals surface area contributed by atoms with Crippen molar-refractivity contribution in [2.75, 3.05) is 23.3 Å². The molecule has 2 aromatic rings. The minimum Gasteiger partial charge on any atom is -0.466 e. The molecule has 1 N–H and O–H groups in total. The molecule has 0 radical (unpaired) electrons. The van der Waals surface area contributed by atoms with E-state index in [2.05, 4.69) is 5.32 Å². The zero-order chi connectivity index (χ0) is 19.2. The van der Waals surface area contributed by atoms with E-state index in [1.165, 1.54) is 35.6 Å². The highest BCUT2D eigenvalue weighted by molar-refractivity contribution is 7.92. The number of para-hydroxylation sites is 1. The second-order valence-electron chi connectivity index (χ2n) is 5.36. The molecule has 2 rings (SSSR count). The fourth-order valence-electron chi connectivity index (χ4n) is 2.19. The first-order chi connectivity index (χ1) is 12.3. The Hall–Kier alpha value is -2.87. The average molecular weight is 376 g/mol. The number of hydrogen-bond donors (Lipinski definition) is 1. The van der Waals surface area contributed by atoms with Crippen molar-refractivity contribution in [1.29, 1.82) is 0 Å². The summed E-state index contributed by atoms with van der Waals surface area (Å²) in [6.07, 6.45) is -0.398. The van der Waals surface area contributed by atoms with Crippen LogP contribution in [-0.2, 0) is 24.3 Å². The van der Waals surface area contributed by atoms with E-state index in [-0.39, 0.29) is 11.5 Å². The quantitative estimate of drug-likeness (QED) is 0.592. The molecule has 0 spiro atoms. The van der Waals surface area contributed by atoms with Crippen molar-refractivity contribution in [3.63, 3.8) is 0 Å². The zero-order valence-electron chi connectivity index (χ0n) is 14.5. The van der Waals surface area contributed by atoms with Gasteiger partial charge < -0.3 is 10.1 Å². The first-order valence-corrected chi connectivity index (χ1v) is 9.38. The Morgan fingerprint density at radius 1 is 1.04 bits per heavy atom. The van der Waals surface area contributed by atoms with Gasteiger partial charge in [0, 0.05) is 12.7 Å². The van der Waals surface area contributed by atoms with Crippen molar-refractivity contribution in [2.45, 2.75) is 18.2 Å². The van der Waals surface area contributed by atoms with Crippen molar-refractivity contribution in [1.82, 2.24) is 0 Å². The number of amides is 1. The first kappa shape index (κ1) is 19.5. The van der Waals surface area contributed by atoms with Gasteiger partial charge in [0.25, 0.3) is 10.0 Å². The summed E-state index contributed by atoms with van der Waals surface area (Å²) < 4.78 is 31.2. The number of esters is 1. The Kier molecular flexibility index (Phi) is 6.35. The van der Waals surface area contributed by atoms with Crippen molar-refractivity contribution in [2.24, 2.45) is 0 Å².